The minimum Gasteiger partial charge on any atom is -0.297 e. The van der Waals surface area contributed by atoms with Gasteiger partial charge in [0.15, 0.2) is 5.78 Å². The number of likely N-dealkylation sites (N-methyl/N-ethyl adjacent to an activating group) is 1. The van der Waals surface area contributed by atoms with Crippen LogP contribution in [-0.2, 0) is 4.79 Å². The molecular weight excluding hydrogens is 186 g/mol. The Balaban J connectivity index is 2.12. The number of nitrogens with zero attached hydrogens (tertiary/aromatic N) is 1. The first-order chi connectivity index (χ1) is 7.17. The van der Waals surface area contributed by atoms with Gasteiger partial charge in [0, 0.05) is 5.92 Å². The lowest BCUT2D eigenvalue weighted by atomic mass is 9.68. The predicted molar refractivity (Wildman–Crippen MR) is 61.9 cm³/mol. The largest absolute Gasteiger partial charge is 0.297 e. The first-order valence-electron chi connectivity index (χ1n) is 6.38. The maximum Gasteiger partial charge on any atom is 0.156 e. The van der Waals surface area contributed by atoms with Gasteiger partial charge in [0.2, 0.25) is 0 Å². The summed E-state index contributed by atoms with van der Waals surface area (Å²) in [5, 5.41) is 0. The maximum atomic E-state index is 12.5. The standard InChI is InChI=1S/C13H23NO/c1-14(2)13(9-4-3-5-10-13)12(15)11-7-6-8-11/h11H,3-10H2,1-2H3. The highest BCUT2D eigenvalue weighted by Crippen LogP contribution is 2.39. The first kappa shape index (κ1) is 11.1. The lowest BCUT2D eigenvalue weighted by molar-refractivity contribution is -0.138. The number of rotatable bonds is 3. The lowest BCUT2D eigenvalue weighted by Gasteiger charge is -2.45. The molecule has 0 heterocycles. The van der Waals surface area contributed by atoms with Gasteiger partial charge in [-0.15, -0.1) is 0 Å². The highest BCUT2D eigenvalue weighted by atomic mass is 16.1. The normalized spacial score (nSPS) is 26.3. The van der Waals surface area contributed by atoms with E-state index in [9.17, 15) is 4.79 Å². The number of Topliss-reactive ketones (excluding diaryl/α,β-unsaturated/α-hetero) is 1. The molecule has 0 atom stereocenters. The first-order valence-corrected chi connectivity index (χ1v) is 6.38. The molecule has 15 heavy (non-hydrogen) atoms. The molecule has 0 bridgehead atoms. The number of hydrogen-bond acceptors (Lipinski definition) is 2. The monoisotopic (exact) mass is 209 g/mol. The van der Waals surface area contributed by atoms with Crippen LogP contribution in [0.5, 0.6) is 0 Å². The van der Waals surface area contributed by atoms with E-state index >= 15 is 0 Å². The minimum absolute atomic E-state index is 0.0939. The van der Waals surface area contributed by atoms with Crippen molar-refractivity contribution in [2.24, 2.45) is 5.92 Å². The molecule has 2 fully saturated rings. The van der Waals surface area contributed by atoms with Gasteiger partial charge in [-0.3, -0.25) is 9.69 Å². The number of carbonyl (C=O) groups is 1. The third-order valence-electron chi connectivity index (χ3n) is 4.47. The molecule has 0 spiro atoms. The summed E-state index contributed by atoms with van der Waals surface area (Å²) in [5.74, 6) is 0.948. The quantitative estimate of drug-likeness (QED) is 0.712. The van der Waals surface area contributed by atoms with Crippen LogP contribution in [0.1, 0.15) is 51.4 Å². The van der Waals surface area contributed by atoms with Crippen molar-refractivity contribution in [1.29, 1.82) is 0 Å². The van der Waals surface area contributed by atoms with Crippen LogP contribution < -0.4 is 0 Å². The van der Waals surface area contributed by atoms with E-state index in [-0.39, 0.29) is 5.54 Å². The molecule has 0 unspecified atom stereocenters. The highest BCUT2D eigenvalue weighted by Gasteiger charge is 2.45. The van der Waals surface area contributed by atoms with E-state index in [0.29, 0.717) is 11.7 Å². The van der Waals surface area contributed by atoms with E-state index in [1.165, 1.54) is 25.7 Å². The Morgan fingerprint density at radius 1 is 1.07 bits per heavy atom. The van der Waals surface area contributed by atoms with Crippen LogP contribution in [0.3, 0.4) is 0 Å². The predicted octanol–water partition coefficient (Wildman–Crippen LogP) is 2.62. The second-order valence-corrected chi connectivity index (χ2v) is 5.48. The van der Waals surface area contributed by atoms with Gasteiger partial charge >= 0.3 is 0 Å². The van der Waals surface area contributed by atoms with E-state index in [1.54, 1.807) is 0 Å². The molecule has 86 valence electrons. The summed E-state index contributed by atoms with van der Waals surface area (Å²) in [6, 6.07) is 0. The molecule has 0 saturated heterocycles. The van der Waals surface area contributed by atoms with E-state index < -0.39 is 0 Å². The van der Waals surface area contributed by atoms with Crippen LogP contribution in [0.15, 0.2) is 0 Å². The molecule has 0 radical (unpaired) electrons. The molecule has 2 aliphatic rings. The van der Waals surface area contributed by atoms with Gasteiger partial charge in [-0.1, -0.05) is 25.7 Å². The summed E-state index contributed by atoms with van der Waals surface area (Å²) in [6.07, 6.45) is 9.52. The van der Waals surface area contributed by atoms with Crippen LogP contribution >= 0.6 is 0 Å². The Labute approximate surface area is 93.0 Å². The fourth-order valence-corrected chi connectivity index (χ4v) is 3.10. The van der Waals surface area contributed by atoms with Crippen LogP contribution in [0, 0.1) is 5.92 Å². The van der Waals surface area contributed by atoms with Gasteiger partial charge < -0.3 is 0 Å². The van der Waals surface area contributed by atoms with Crippen molar-refractivity contribution in [3.8, 4) is 0 Å². The van der Waals surface area contributed by atoms with Crippen molar-refractivity contribution in [2.75, 3.05) is 14.1 Å². The molecule has 0 aromatic rings. The maximum absolute atomic E-state index is 12.5. The van der Waals surface area contributed by atoms with Gasteiger partial charge in [-0.25, -0.2) is 0 Å². The Morgan fingerprint density at radius 3 is 2.07 bits per heavy atom. The smallest absolute Gasteiger partial charge is 0.156 e. The second-order valence-electron chi connectivity index (χ2n) is 5.48. The second kappa shape index (κ2) is 4.25. The van der Waals surface area contributed by atoms with E-state index in [1.807, 2.05) is 0 Å². The summed E-state index contributed by atoms with van der Waals surface area (Å²) in [5.41, 5.74) is -0.0939. The minimum atomic E-state index is -0.0939. The Hall–Kier alpha value is -0.370. The summed E-state index contributed by atoms with van der Waals surface area (Å²) >= 11 is 0. The van der Waals surface area contributed by atoms with Crippen LogP contribution in [-0.4, -0.2) is 30.3 Å². The number of carbonyl (C=O) groups excluding carboxylic acids is 1. The van der Waals surface area contributed by atoms with Gasteiger partial charge in [-0.2, -0.15) is 0 Å². The zero-order valence-corrected chi connectivity index (χ0v) is 10.1. The van der Waals surface area contributed by atoms with Crippen molar-refractivity contribution < 1.29 is 4.79 Å². The average molecular weight is 209 g/mol. The van der Waals surface area contributed by atoms with Crippen molar-refractivity contribution >= 4 is 5.78 Å². The van der Waals surface area contributed by atoms with Crippen molar-refractivity contribution in [1.82, 2.24) is 4.90 Å². The molecule has 0 N–H and O–H groups in total. The molecule has 0 amide bonds. The Morgan fingerprint density at radius 2 is 1.67 bits per heavy atom. The van der Waals surface area contributed by atoms with Gasteiger partial charge in [-0.05, 0) is 39.8 Å². The van der Waals surface area contributed by atoms with Crippen LogP contribution in [0.25, 0.3) is 0 Å². The molecule has 0 aliphatic heterocycles. The fraction of sp³-hybridized carbons (Fsp3) is 0.923. The fourth-order valence-electron chi connectivity index (χ4n) is 3.10. The van der Waals surface area contributed by atoms with Gasteiger partial charge in [0.05, 0.1) is 5.54 Å². The summed E-state index contributed by atoms with van der Waals surface area (Å²) in [6.45, 7) is 0. The van der Waals surface area contributed by atoms with E-state index in [2.05, 4.69) is 19.0 Å². The van der Waals surface area contributed by atoms with Crippen molar-refractivity contribution in [3.05, 3.63) is 0 Å². The van der Waals surface area contributed by atoms with E-state index in [4.69, 9.17) is 0 Å². The SMILES string of the molecule is CN(C)C1(C(=O)C2CCC2)CCCCC1. The van der Waals surface area contributed by atoms with Crippen LogP contribution in [0.4, 0.5) is 0 Å². The third-order valence-corrected chi connectivity index (χ3v) is 4.47. The van der Waals surface area contributed by atoms with Crippen molar-refractivity contribution in [2.45, 2.75) is 56.9 Å². The summed E-state index contributed by atoms with van der Waals surface area (Å²) in [7, 11) is 4.17. The topological polar surface area (TPSA) is 20.3 Å². The van der Waals surface area contributed by atoms with E-state index in [0.717, 1.165) is 25.7 Å². The summed E-state index contributed by atoms with van der Waals surface area (Å²) < 4.78 is 0. The molecule has 2 saturated carbocycles. The van der Waals surface area contributed by atoms with Gasteiger partial charge in [0.25, 0.3) is 0 Å². The summed E-state index contributed by atoms with van der Waals surface area (Å²) in [4.78, 5) is 14.7. The molecule has 2 nitrogen and oxygen atoms in total. The van der Waals surface area contributed by atoms with Crippen LogP contribution in [0.2, 0.25) is 0 Å². The Bertz CT molecular complexity index is 237. The average Bonchev–Trinajstić information content (AvgIpc) is 2.16. The lowest BCUT2D eigenvalue weighted by Crippen LogP contribution is -2.55. The molecule has 0 aromatic carbocycles. The zero-order valence-electron chi connectivity index (χ0n) is 10.1. The Kier molecular flexibility index (Phi) is 3.15. The molecule has 2 heteroatoms. The molecule has 2 rings (SSSR count). The molecule has 2 aliphatic carbocycles. The van der Waals surface area contributed by atoms with Gasteiger partial charge in [0.1, 0.15) is 0 Å². The highest BCUT2D eigenvalue weighted by molar-refractivity contribution is 5.91. The number of ketones is 1. The molecular formula is C13H23NO. The third kappa shape index (κ3) is 1.84. The number of hydrogen-bond donors (Lipinski definition) is 0. The zero-order chi connectivity index (χ0) is 10.9. The van der Waals surface area contributed by atoms with Crippen molar-refractivity contribution in [3.63, 3.8) is 0 Å². The molecule has 0 aromatic heterocycles.